The summed E-state index contributed by atoms with van der Waals surface area (Å²) in [6.45, 7) is 1.90. The Labute approximate surface area is 139 Å². The Morgan fingerprint density at radius 1 is 1.17 bits per heavy atom. The summed E-state index contributed by atoms with van der Waals surface area (Å²) in [6, 6.07) is 7.09. The predicted molar refractivity (Wildman–Crippen MR) is 85.0 cm³/mol. The lowest BCUT2D eigenvalue weighted by molar-refractivity contribution is -0.150. The molecule has 3 rings (SSSR count). The van der Waals surface area contributed by atoms with E-state index in [4.69, 9.17) is 4.74 Å². The maximum atomic E-state index is 12.7. The molecule has 2 aliphatic rings. The van der Waals surface area contributed by atoms with Crippen LogP contribution in [0.1, 0.15) is 12.5 Å². The Balaban J connectivity index is 1.86. The number of carbonyl (C=O) groups excluding carboxylic acids is 2. The van der Waals surface area contributed by atoms with Crippen LogP contribution in [0.15, 0.2) is 36.4 Å². The van der Waals surface area contributed by atoms with E-state index in [1.165, 1.54) is 4.90 Å². The number of benzene rings is 1. The van der Waals surface area contributed by atoms with Crippen LogP contribution in [0.2, 0.25) is 0 Å². The lowest BCUT2D eigenvalue weighted by atomic mass is 9.72. The highest BCUT2D eigenvalue weighted by Gasteiger charge is 2.54. The molecule has 6 heteroatoms. The van der Waals surface area contributed by atoms with Crippen molar-refractivity contribution in [3.63, 3.8) is 0 Å². The van der Waals surface area contributed by atoms with E-state index < -0.39 is 29.6 Å². The van der Waals surface area contributed by atoms with Crippen LogP contribution >= 0.6 is 0 Å². The number of carbonyl (C=O) groups is 3. The van der Waals surface area contributed by atoms with Crippen LogP contribution in [-0.2, 0) is 20.9 Å². The first-order chi connectivity index (χ1) is 11.4. The summed E-state index contributed by atoms with van der Waals surface area (Å²) in [5, 5.41) is 9.46. The number of hydrogen-bond donors (Lipinski definition) is 1. The van der Waals surface area contributed by atoms with E-state index in [1.807, 2.05) is 0 Å². The van der Waals surface area contributed by atoms with Gasteiger partial charge in [-0.3, -0.25) is 19.3 Å². The number of likely N-dealkylation sites (tertiary alicyclic amines) is 1. The summed E-state index contributed by atoms with van der Waals surface area (Å²) in [4.78, 5) is 38.1. The Kier molecular flexibility index (Phi) is 4.13. The number of ether oxygens (including phenoxy) is 1. The van der Waals surface area contributed by atoms with Gasteiger partial charge in [0.2, 0.25) is 11.8 Å². The minimum absolute atomic E-state index is 0.142. The fourth-order valence-corrected chi connectivity index (χ4v) is 3.54. The topological polar surface area (TPSA) is 83.9 Å². The highest BCUT2D eigenvalue weighted by molar-refractivity contribution is 6.07. The summed E-state index contributed by atoms with van der Waals surface area (Å²) in [6.07, 6.45) is 3.41. The van der Waals surface area contributed by atoms with Gasteiger partial charge < -0.3 is 9.84 Å². The summed E-state index contributed by atoms with van der Waals surface area (Å²) in [7, 11) is 1.56. The van der Waals surface area contributed by atoms with Crippen molar-refractivity contribution >= 4 is 17.8 Å². The molecule has 6 nitrogen and oxygen atoms in total. The number of rotatable bonds is 4. The molecule has 4 atom stereocenters. The Hall–Kier alpha value is -2.63. The van der Waals surface area contributed by atoms with Gasteiger partial charge in [-0.15, -0.1) is 0 Å². The van der Waals surface area contributed by atoms with Crippen LogP contribution in [0.3, 0.4) is 0 Å². The van der Waals surface area contributed by atoms with E-state index in [9.17, 15) is 19.5 Å². The van der Waals surface area contributed by atoms with Gasteiger partial charge in [0.15, 0.2) is 0 Å². The van der Waals surface area contributed by atoms with E-state index in [-0.39, 0.29) is 18.4 Å². The molecule has 1 aromatic rings. The van der Waals surface area contributed by atoms with Crippen molar-refractivity contribution < 1.29 is 24.2 Å². The van der Waals surface area contributed by atoms with Crippen LogP contribution in [-0.4, -0.2) is 34.9 Å². The van der Waals surface area contributed by atoms with E-state index in [1.54, 1.807) is 50.5 Å². The van der Waals surface area contributed by atoms with Gasteiger partial charge in [0.05, 0.1) is 31.4 Å². The number of allylic oxidation sites excluding steroid dienone is 1. The Bertz CT molecular complexity index is 709. The van der Waals surface area contributed by atoms with E-state index in [2.05, 4.69) is 0 Å². The van der Waals surface area contributed by atoms with Crippen LogP contribution in [0.4, 0.5) is 0 Å². The number of amides is 2. The van der Waals surface area contributed by atoms with Crippen LogP contribution < -0.4 is 4.74 Å². The molecular formula is C18H19NO5. The summed E-state index contributed by atoms with van der Waals surface area (Å²) >= 11 is 0. The van der Waals surface area contributed by atoms with Crippen molar-refractivity contribution in [2.45, 2.75) is 13.5 Å². The molecule has 1 heterocycles. The zero-order valence-corrected chi connectivity index (χ0v) is 13.5. The van der Waals surface area contributed by atoms with E-state index in [0.29, 0.717) is 5.75 Å². The molecule has 4 unspecified atom stereocenters. The molecule has 0 radical (unpaired) electrons. The van der Waals surface area contributed by atoms with Gasteiger partial charge in [-0.25, -0.2) is 0 Å². The number of carboxylic acid groups (broad SMARTS) is 1. The van der Waals surface area contributed by atoms with Gasteiger partial charge in [0, 0.05) is 0 Å². The molecule has 1 saturated heterocycles. The Morgan fingerprint density at radius 2 is 1.83 bits per heavy atom. The van der Waals surface area contributed by atoms with Gasteiger partial charge in [0.1, 0.15) is 5.75 Å². The van der Waals surface area contributed by atoms with Gasteiger partial charge in [0.25, 0.3) is 0 Å². The lowest BCUT2D eigenvalue weighted by Gasteiger charge is -2.28. The molecule has 126 valence electrons. The highest BCUT2D eigenvalue weighted by Crippen LogP contribution is 2.41. The average molecular weight is 329 g/mol. The molecule has 1 N–H and O–H groups in total. The number of methoxy groups -OCH3 is 1. The largest absolute Gasteiger partial charge is 0.497 e. The zero-order valence-electron chi connectivity index (χ0n) is 13.5. The summed E-state index contributed by atoms with van der Waals surface area (Å²) < 4.78 is 5.09. The maximum Gasteiger partial charge on any atom is 0.307 e. The molecule has 2 amide bonds. The first-order valence-corrected chi connectivity index (χ1v) is 7.83. The number of nitrogens with zero attached hydrogens (tertiary/aromatic N) is 1. The minimum Gasteiger partial charge on any atom is -0.497 e. The smallest absolute Gasteiger partial charge is 0.307 e. The van der Waals surface area contributed by atoms with Crippen molar-refractivity contribution in [3.8, 4) is 5.75 Å². The molecule has 0 bridgehead atoms. The van der Waals surface area contributed by atoms with E-state index in [0.717, 1.165) is 5.56 Å². The second-order valence-corrected chi connectivity index (χ2v) is 6.27. The molecule has 0 spiro atoms. The van der Waals surface area contributed by atoms with Crippen molar-refractivity contribution in [3.05, 3.63) is 42.0 Å². The Morgan fingerprint density at radius 3 is 2.42 bits per heavy atom. The third-order valence-corrected chi connectivity index (χ3v) is 4.85. The number of imide groups is 1. The first-order valence-electron chi connectivity index (χ1n) is 7.83. The second kappa shape index (κ2) is 6.11. The molecule has 24 heavy (non-hydrogen) atoms. The van der Waals surface area contributed by atoms with Gasteiger partial charge in [-0.2, -0.15) is 0 Å². The number of carboxylic acids is 1. The zero-order chi connectivity index (χ0) is 17.4. The van der Waals surface area contributed by atoms with Crippen LogP contribution in [0, 0.1) is 23.7 Å². The van der Waals surface area contributed by atoms with Crippen molar-refractivity contribution in [1.29, 1.82) is 0 Å². The van der Waals surface area contributed by atoms with E-state index >= 15 is 0 Å². The third kappa shape index (κ3) is 2.58. The first kappa shape index (κ1) is 16.2. The van der Waals surface area contributed by atoms with Gasteiger partial charge in [-0.05, 0) is 23.6 Å². The summed E-state index contributed by atoms with van der Waals surface area (Å²) in [5.74, 6) is -3.69. The summed E-state index contributed by atoms with van der Waals surface area (Å²) in [5.41, 5.74) is 0.792. The standard InChI is InChI=1S/C18H19NO5/c1-10-3-8-13-15(14(10)18(22)23)17(21)19(16(13)20)9-11-4-6-12(24-2)7-5-11/h3-8,10,13-15H,9H2,1-2H3,(H,22,23). The molecule has 1 aliphatic carbocycles. The number of fused-ring (bicyclic) bond motifs is 1. The molecule has 1 fully saturated rings. The lowest BCUT2D eigenvalue weighted by Crippen LogP contribution is -2.38. The molecule has 1 aromatic carbocycles. The monoisotopic (exact) mass is 329 g/mol. The minimum atomic E-state index is -1.03. The van der Waals surface area contributed by atoms with Crippen molar-refractivity contribution in [1.82, 2.24) is 4.90 Å². The fraction of sp³-hybridized carbons (Fsp3) is 0.389. The highest BCUT2D eigenvalue weighted by atomic mass is 16.5. The average Bonchev–Trinajstić information content (AvgIpc) is 2.80. The number of aliphatic carboxylic acids is 1. The van der Waals surface area contributed by atoms with Gasteiger partial charge in [-0.1, -0.05) is 31.2 Å². The molecule has 0 saturated carbocycles. The SMILES string of the molecule is COc1ccc(CN2C(=O)C3C=CC(C)C(C(=O)O)C3C2=O)cc1. The molecule has 1 aliphatic heterocycles. The molecular weight excluding hydrogens is 310 g/mol. The number of hydrogen-bond acceptors (Lipinski definition) is 4. The van der Waals surface area contributed by atoms with Crippen molar-refractivity contribution in [2.24, 2.45) is 23.7 Å². The van der Waals surface area contributed by atoms with Crippen molar-refractivity contribution in [2.75, 3.05) is 7.11 Å². The van der Waals surface area contributed by atoms with Crippen LogP contribution in [0.25, 0.3) is 0 Å². The quantitative estimate of drug-likeness (QED) is 0.671. The second-order valence-electron chi connectivity index (χ2n) is 6.27. The normalized spacial score (nSPS) is 28.8. The van der Waals surface area contributed by atoms with Gasteiger partial charge >= 0.3 is 5.97 Å². The van der Waals surface area contributed by atoms with Crippen LogP contribution in [0.5, 0.6) is 5.75 Å². The third-order valence-electron chi connectivity index (χ3n) is 4.85. The maximum absolute atomic E-state index is 12.7. The predicted octanol–water partition coefficient (Wildman–Crippen LogP) is 1.70. The fourth-order valence-electron chi connectivity index (χ4n) is 3.54. The molecule has 0 aromatic heterocycles.